The molecule has 6 nitrogen and oxygen atoms in total. The van der Waals surface area contributed by atoms with Gasteiger partial charge in [-0.15, -0.1) is 0 Å². The minimum atomic E-state index is -0.278. The molecule has 1 heterocycles. The van der Waals surface area contributed by atoms with Crippen LogP contribution in [-0.4, -0.2) is 40.8 Å². The van der Waals surface area contributed by atoms with Crippen molar-refractivity contribution in [2.75, 3.05) is 5.75 Å². The largest absolute Gasteiger partial charge is 0.507 e. The second-order valence-electron chi connectivity index (χ2n) is 4.96. The zero-order valence-electron chi connectivity index (χ0n) is 12.6. The van der Waals surface area contributed by atoms with Crippen LogP contribution in [-0.2, 0) is 4.79 Å². The van der Waals surface area contributed by atoms with Crippen LogP contribution in [0.15, 0.2) is 52.7 Å². The van der Waals surface area contributed by atoms with Gasteiger partial charge < -0.3 is 10.1 Å². The van der Waals surface area contributed by atoms with E-state index in [1.165, 1.54) is 24.0 Å². The Morgan fingerprint density at radius 3 is 3.04 bits per heavy atom. The molecule has 0 saturated heterocycles. The second kappa shape index (κ2) is 7.22. The molecule has 1 aromatic heterocycles. The molecule has 0 spiro atoms. The maximum atomic E-state index is 11.8. The number of hydrogen-bond donors (Lipinski definition) is 3. The fourth-order valence-electron chi connectivity index (χ4n) is 2.01. The predicted molar refractivity (Wildman–Crippen MR) is 96.0 cm³/mol. The number of imidazole rings is 1. The molecule has 0 bridgehead atoms. The van der Waals surface area contributed by atoms with Gasteiger partial charge in [-0.2, -0.15) is 5.10 Å². The number of aromatic nitrogens is 2. The van der Waals surface area contributed by atoms with Crippen LogP contribution >= 0.6 is 11.8 Å². The van der Waals surface area contributed by atoms with Crippen molar-refractivity contribution in [2.45, 2.75) is 5.16 Å². The van der Waals surface area contributed by atoms with Crippen molar-refractivity contribution in [3.63, 3.8) is 0 Å². The lowest BCUT2D eigenvalue weighted by Crippen LogP contribution is -2.19. The number of benzene rings is 2. The summed E-state index contributed by atoms with van der Waals surface area (Å²) in [5.41, 5.74) is 5.11. The van der Waals surface area contributed by atoms with Gasteiger partial charge in [-0.3, -0.25) is 4.79 Å². The molecule has 0 aliphatic rings. The number of phenols is 1. The van der Waals surface area contributed by atoms with E-state index >= 15 is 0 Å². The minimum Gasteiger partial charge on any atom is -0.507 e. The summed E-state index contributed by atoms with van der Waals surface area (Å²) in [5, 5.41) is 14.1. The Bertz CT molecular complexity index is 877. The maximum Gasteiger partial charge on any atom is 0.250 e. The van der Waals surface area contributed by atoms with Crippen LogP contribution in [0.1, 0.15) is 5.56 Å². The summed E-state index contributed by atoms with van der Waals surface area (Å²) in [6, 6.07) is 12.3. The van der Waals surface area contributed by atoms with Gasteiger partial charge in [0.25, 0.3) is 5.91 Å². The van der Waals surface area contributed by atoms with Gasteiger partial charge in [-0.25, -0.2) is 10.4 Å². The number of hydrogen-bond acceptors (Lipinski definition) is 5. The zero-order valence-corrected chi connectivity index (χ0v) is 13.4. The number of aromatic hydroxyl groups is 1. The van der Waals surface area contributed by atoms with Gasteiger partial charge in [0.05, 0.1) is 23.0 Å². The molecule has 3 rings (SSSR count). The molecule has 0 atom stereocenters. The van der Waals surface area contributed by atoms with E-state index in [0.717, 1.165) is 11.0 Å². The van der Waals surface area contributed by atoms with E-state index in [9.17, 15) is 9.90 Å². The van der Waals surface area contributed by atoms with E-state index in [-0.39, 0.29) is 17.4 Å². The lowest BCUT2D eigenvalue weighted by atomic mass is 9.94. The number of carbonyl (C=O) groups is 1. The van der Waals surface area contributed by atoms with Crippen LogP contribution in [0.5, 0.6) is 5.75 Å². The van der Waals surface area contributed by atoms with Crippen LogP contribution < -0.4 is 10.9 Å². The molecule has 2 radical (unpaired) electrons. The number of thioether (sulfide) groups is 1. The average Bonchev–Trinajstić information content (AvgIpc) is 2.99. The maximum absolute atomic E-state index is 11.8. The van der Waals surface area contributed by atoms with Gasteiger partial charge >= 0.3 is 0 Å². The Morgan fingerprint density at radius 1 is 1.38 bits per heavy atom. The number of carbonyl (C=O) groups excluding carboxylic acids is 1. The molecule has 3 aromatic rings. The van der Waals surface area contributed by atoms with Crippen molar-refractivity contribution in [2.24, 2.45) is 5.10 Å². The van der Waals surface area contributed by atoms with Crippen LogP contribution in [0.25, 0.3) is 11.0 Å². The monoisotopic (exact) mass is 336 g/mol. The van der Waals surface area contributed by atoms with E-state index in [1.54, 1.807) is 12.1 Å². The number of fused-ring (bicyclic) bond motifs is 1. The molecule has 0 unspecified atom stereocenters. The van der Waals surface area contributed by atoms with Crippen molar-refractivity contribution in [3.05, 3.63) is 48.0 Å². The fourth-order valence-corrected chi connectivity index (χ4v) is 2.69. The van der Waals surface area contributed by atoms with E-state index in [0.29, 0.717) is 16.2 Å². The summed E-state index contributed by atoms with van der Waals surface area (Å²) in [5.74, 6) is -0.0703. The number of para-hydroxylation sites is 2. The summed E-state index contributed by atoms with van der Waals surface area (Å²) >= 11 is 1.28. The molecule has 8 heteroatoms. The predicted octanol–water partition coefficient (Wildman–Crippen LogP) is 1.30. The highest BCUT2D eigenvalue weighted by Gasteiger charge is 2.06. The third kappa shape index (κ3) is 3.96. The van der Waals surface area contributed by atoms with Gasteiger partial charge in [0.2, 0.25) is 0 Å². The summed E-state index contributed by atoms with van der Waals surface area (Å²) in [7, 11) is 5.63. The Balaban J connectivity index is 1.54. The molecule has 0 fully saturated rings. The molecule has 1 amide bonds. The molecule has 0 aliphatic heterocycles. The van der Waals surface area contributed by atoms with Gasteiger partial charge in [-0.05, 0) is 18.2 Å². The van der Waals surface area contributed by atoms with Crippen molar-refractivity contribution < 1.29 is 9.90 Å². The van der Waals surface area contributed by atoms with Gasteiger partial charge in [0.15, 0.2) is 5.16 Å². The highest BCUT2D eigenvalue weighted by molar-refractivity contribution is 7.99. The Hall–Kier alpha value is -2.74. The Kier molecular flexibility index (Phi) is 4.86. The van der Waals surface area contributed by atoms with E-state index in [4.69, 9.17) is 7.85 Å². The van der Waals surface area contributed by atoms with Crippen LogP contribution in [0.4, 0.5) is 0 Å². The number of phenolic OH excluding ortho intramolecular Hbond substituents is 1. The first-order chi connectivity index (χ1) is 11.6. The zero-order chi connectivity index (χ0) is 16.9. The number of amides is 1. The van der Waals surface area contributed by atoms with E-state index in [2.05, 4.69) is 20.5 Å². The summed E-state index contributed by atoms with van der Waals surface area (Å²) < 4.78 is 0. The normalized spacial score (nSPS) is 11.2. The van der Waals surface area contributed by atoms with Crippen LogP contribution in [0.3, 0.4) is 0 Å². The molecule has 2 aromatic carbocycles. The molecule has 0 saturated carbocycles. The third-order valence-electron chi connectivity index (χ3n) is 3.15. The van der Waals surface area contributed by atoms with Crippen molar-refractivity contribution in [3.8, 4) is 5.75 Å². The van der Waals surface area contributed by atoms with Crippen molar-refractivity contribution >= 4 is 48.2 Å². The highest BCUT2D eigenvalue weighted by atomic mass is 32.2. The molecular weight excluding hydrogens is 323 g/mol. The van der Waals surface area contributed by atoms with Crippen LogP contribution in [0.2, 0.25) is 0 Å². The molecule has 24 heavy (non-hydrogen) atoms. The average molecular weight is 336 g/mol. The lowest BCUT2D eigenvalue weighted by molar-refractivity contribution is -0.118. The van der Waals surface area contributed by atoms with Crippen molar-refractivity contribution in [1.82, 2.24) is 15.4 Å². The van der Waals surface area contributed by atoms with E-state index in [1.807, 2.05) is 24.3 Å². The topological polar surface area (TPSA) is 90.4 Å². The fraction of sp³-hybridized carbons (Fsp3) is 0.0625. The molecular formula is C16H13BN4O2S. The Morgan fingerprint density at radius 2 is 2.21 bits per heavy atom. The smallest absolute Gasteiger partial charge is 0.250 e. The second-order valence-corrected chi connectivity index (χ2v) is 5.92. The number of nitrogens with zero attached hydrogens (tertiary/aromatic N) is 2. The molecule has 3 N–H and O–H groups in total. The minimum absolute atomic E-state index is 0.0406. The molecule has 118 valence electrons. The SMILES string of the molecule is [B]c1ccc(O)c(/C=N/NC(=O)CSc2nc3ccccc3[nH]2)c1. The number of rotatable bonds is 5. The highest BCUT2D eigenvalue weighted by Crippen LogP contribution is 2.18. The standard InChI is InChI=1S/C16H13BN4O2S/c17-11-5-6-14(22)10(7-11)8-18-21-15(23)9-24-16-19-12-3-1-2-4-13(12)20-16/h1-8,22H,9H2,(H,19,20)(H,21,23)/b18-8+. The van der Waals surface area contributed by atoms with E-state index < -0.39 is 0 Å². The molecule has 0 aliphatic carbocycles. The summed E-state index contributed by atoms with van der Waals surface area (Å²) in [4.78, 5) is 19.3. The first-order valence-corrected chi connectivity index (χ1v) is 8.08. The number of H-pyrrole nitrogens is 1. The van der Waals surface area contributed by atoms with Gasteiger partial charge in [0, 0.05) is 5.56 Å². The lowest BCUT2D eigenvalue weighted by Gasteiger charge is -2.01. The first kappa shape index (κ1) is 16.1. The van der Waals surface area contributed by atoms with Crippen molar-refractivity contribution in [1.29, 1.82) is 0 Å². The number of aromatic amines is 1. The van der Waals surface area contributed by atoms with Crippen LogP contribution in [0, 0.1) is 0 Å². The van der Waals surface area contributed by atoms with Gasteiger partial charge in [0.1, 0.15) is 13.6 Å². The quantitative estimate of drug-likeness (QED) is 0.284. The summed E-state index contributed by atoms with van der Waals surface area (Å²) in [6.07, 6.45) is 1.34. The van der Waals surface area contributed by atoms with Gasteiger partial charge in [-0.1, -0.05) is 41.5 Å². The number of nitrogens with one attached hydrogen (secondary N) is 2. The third-order valence-corrected chi connectivity index (χ3v) is 4.03. The summed E-state index contributed by atoms with van der Waals surface area (Å²) in [6.45, 7) is 0. The first-order valence-electron chi connectivity index (χ1n) is 7.10. The number of hydrazone groups is 1. The Labute approximate surface area is 143 Å².